The first kappa shape index (κ1) is 12.9. The fraction of sp³-hybridized carbons (Fsp3) is 0.154. The lowest BCUT2D eigenvalue weighted by Crippen LogP contribution is -2.29. The van der Waals surface area contributed by atoms with Crippen LogP contribution in [0.1, 0.15) is 13.0 Å². The summed E-state index contributed by atoms with van der Waals surface area (Å²) < 4.78 is 13.7. The third kappa shape index (κ3) is 2.67. The van der Waals surface area contributed by atoms with Crippen LogP contribution in [-0.2, 0) is 4.79 Å². The SMILES string of the molecule is CC(C(=O)O)n1nc(-c2ccc(F)cc2)ccc1=O. The van der Waals surface area contributed by atoms with E-state index < -0.39 is 17.6 Å². The molecular formula is C13H11FN2O3. The summed E-state index contributed by atoms with van der Waals surface area (Å²) in [5, 5.41) is 12.9. The Hall–Kier alpha value is -2.50. The highest BCUT2D eigenvalue weighted by molar-refractivity contribution is 5.71. The molecule has 0 saturated carbocycles. The second kappa shape index (κ2) is 5.01. The van der Waals surface area contributed by atoms with E-state index >= 15 is 0 Å². The smallest absolute Gasteiger partial charge is 0.328 e. The molecule has 0 bridgehead atoms. The van der Waals surface area contributed by atoms with Gasteiger partial charge in [0.25, 0.3) is 5.56 Å². The number of hydrogen-bond donors (Lipinski definition) is 1. The average molecular weight is 262 g/mol. The third-order valence-corrected chi connectivity index (χ3v) is 2.69. The lowest BCUT2D eigenvalue weighted by atomic mass is 10.1. The molecule has 1 N–H and O–H groups in total. The van der Waals surface area contributed by atoms with Crippen LogP contribution in [0, 0.1) is 5.82 Å². The minimum absolute atomic E-state index is 0.379. The number of halogens is 1. The van der Waals surface area contributed by atoms with E-state index in [-0.39, 0.29) is 5.82 Å². The summed E-state index contributed by atoms with van der Waals surface area (Å²) in [6, 6.07) is 7.22. The van der Waals surface area contributed by atoms with Gasteiger partial charge in [-0.2, -0.15) is 5.10 Å². The molecule has 1 unspecified atom stereocenters. The Labute approximate surface area is 107 Å². The molecule has 19 heavy (non-hydrogen) atoms. The van der Waals surface area contributed by atoms with Crippen molar-refractivity contribution in [1.82, 2.24) is 9.78 Å². The molecule has 0 saturated heterocycles. The number of nitrogens with zero attached hydrogens (tertiary/aromatic N) is 2. The standard InChI is InChI=1S/C13H11FN2O3/c1-8(13(18)19)16-12(17)7-6-11(15-16)9-2-4-10(14)5-3-9/h2-8H,1H3,(H,18,19). The van der Waals surface area contributed by atoms with E-state index in [1.165, 1.54) is 43.3 Å². The molecule has 1 aromatic carbocycles. The van der Waals surface area contributed by atoms with Crippen molar-refractivity contribution in [2.45, 2.75) is 13.0 Å². The van der Waals surface area contributed by atoms with Crippen LogP contribution in [0.3, 0.4) is 0 Å². The number of carboxylic acid groups (broad SMARTS) is 1. The quantitative estimate of drug-likeness (QED) is 0.913. The Morgan fingerprint density at radius 1 is 1.26 bits per heavy atom. The largest absolute Gasteiger partial charge is 0.480 e. The normalized spacial score (nSPS) is 12.1. The first-order chi connectivity index (χ1) is 8.99. The van der Waals surface area contributed by atoms with Crippen molar-refractivity contribution in [3.63, 3.8) is 0 Å². The highest BCUT2D eigenvalue weighted by Crippen LogP contribution is 2.16. The van der Waals surface area contributed by atoms with E-state index in [0.717, 1.165) is 4.68 Å². The van der Waals surface area contributed by atoms with Gasteiger partial charge in [-0.3, -0.25) is 4.79 Å². The Balaban J connectivity index is 2.49. The molecule has 0 amide bonds. The average Bonchev–Trinajstić information content (AvgIpc) is 2.39. The summed E-state index contributed by atoms with van der Waals surface area (Å²) in [5.74, 6) is -1.53. The predicted octanol–water partition coefficient (Wildman–Crippen LogP) is 1.69. The molecule has 0 radical (unpaired) electrons. The molecule has 5 nitrogen and oxygen atoms in total. The molecule has 1 heterocycles. The maximum atomic E-state index is 12.8. The van der Waals surface area contributed by atoms with Gasteiger partial charge in [0.1, 0.15) is 5.82 Å². The maximum absolute atomic E-state index is 12.8. The highest BCUT2D eigenvalue weighted by atomic mass is 19.1. The summed E-state index contributed by atoms with van der Waals surface area (Å²) in [7, 11) is 0. The number of carbonyl (C=O) groups is 1. The van der Waals surface area contributed by atoms with E-state index in [0.29, 0.717) is 11.3 Å². The van der Waals surface area contributed by atoms with Gasteiger partial charge in [0.2, 0.25) is 0 Å². The fourth-order valence-corrected chi connectivity index (χ4v) is 1.58. The molecule has 1 atom stereocenters. The number of hydrogen-bond acceptors (Lipinski definition) is 3. The maximum Gasteiger partial charge on any atom is 0.328 e. The van der Waals surface area contributed by atoms with Gasteiger partial charge in [-0.15, -0.1) is 0 Å². The van der Waals surface area contributed by atoms with E-state index in [1.807, 2.05) is 0 Å². The molecule has 0 aliphatic heterocycles. The Bertz CT molecular complexity index is 664. The van der Waals surface area contributed by atoms with Crippen LogP contribution in [0.2, 0.25) is 0 Å². The lowest BCUT2D eigenvalue weighted by molar-refractivity contribution is -0.140. The minimum Gasteiger partial charge on any atom is -0.480 e. The van der Waals surface area contributed by atoms with Crippen molar-refractivity contribution in [3.05, 3.63) is 52.6 Å². The van der Waals surface area contributed by atoms with Gasteiger partial charge in [-0.1, -0.05) is 0 Å². The van der Waals surface area contributed by atoms with Crippen LogP contribution in [-0.4, -0.2) is 20.9 Å². The summed E-state index contributed by atoms with van der Waals surface area (Å²) in [6.45, 7) is 1.37. The monoisotopic (exact) mass is 262 g/mol. The number of aliphatic carboxylic acids is 1. The molecule has 2 aromatic rings. The molecule has 6 heteroatoms. The van der Waals surface area contributed by atoms with E-state index in [4.69, 9.17) is 5.11 Å². The molecule has 0 aliphatic carbocycles. The number of benzene rings is 1. The van der Waals surface area contributed by atoms with Crippen LogP contribution in [0.15, 0.2) is 41.2 Å². The van der Waals surface area contributed by atoms with Gasteiger partial charge in [0, 0.05) is 11.6 Å². The molecule has 2 rings (SSSR count). The summed E-state index contributed by atoms with van der Waals surface area (Å²) in [5.41, 5.74) is 0.515. The zero-order chi connectivity index (χ0) is 14.0. The Morgan fingerprint density at radius 2 is 1.89 bits per heavy atom. The van der Waals surface area contributed by atoms with Crippen molar-refractivity contribution in [1.29, 1.82) is 0 Å². The molecule has 0 aliphatic rings. The van der Waals surface area contributed by atoms with Crippen LogP contribution in [0.4, 0.5) is 4.39 Å². The molecular weight excluding hydrogens is 251 g/mol. The topological polar surface area (TPSA) is 72.2 Å². The number of aromatic nitrogens is 2. The van der Waals surface area contributed by atoms with Crippen LogP contribution >= 0.6 is 0 Å². The van der Waals surface area contributed by atoms with Gasteiger partial charge in [-0.05, 0) is 37.3 Å². The molecule has 98 valence electrons. The van der Waals surface area contributed by atoms with Crippen molar-refractivity contribution >= 4 is 5.97 Å². The summed E-state index contributed by atoms with van der Waals surface area (Å²) >= 11 is 0. The van der Waals surface area contributed by atoms with Crippen LogP contribution in [0.5, 0.6) is 0 Å². The number of rotatable bonds is 3. The van der Waals surface area contributed by atoms with E-state index in [2.05, 4.69) is 5.10 Å². The second-order valence-electron chi connectivity index (χ2n) is 4.02. The second-order valence-corrected chi connectivity index (χ2v) is 4.02. The van der Waals surface area contributed by atoms with Crippen molar-refractivity contribution in [2.24, 2.45) is 0 Å². The Kier molecular flexibility index (Phi) is 3.41. The van der Waals surface area contributed by atoms with Gasteiger partial charge >= 0.3 is 5.97 Å². The molecule has 0 spiro atoms. The van der Waals surface area contributed by atoms with Crippen molar-refractivity contribution in [3.8, 4) is 11.3 Å². The van der Waals surface area contributed by atoms with Crippen molar-refractivity contribution < 1.29 is 14.3 Å². The zero-order valence-electron chi connectivity index (χ0n) is 10.1. The van der Waals surface area contributed by atoms with Gasteiger partial charge in [0.15, 0.2) is 6.04 Å². The Morgan fingerprint density at radius 3 is 2.47 bits per heavy atom. The molecule has 0 fully saturated rings. The van der Waals surface area contributed by atoms with Gasteiger partial charge < -0.3 is 5.11 Å². The highest BCUT2D eigenvalue weighted by Gasteiger charge is 2.16. The van der Waals surface area contributed by atoms with Crippen molar-refractivity contribution in [2.75, 3.05) is 0 Å². The predicted molar refractivity (Wildman–Crippen MR) is 66.2 cm³/mol. The zero-order valence-corrected chi connectivity index (χ0v) is 10.1. The minimum atomic E-state index is -1.15. The lowest BCUT2D eigenvalue weighted by Gasteiger charge is -2.10. The van der Waals surface area contributed by atoms with Gasteiger partial charge in [0.05, 0.1) is 5.69 Å². The van der Waals surface area contributed by atoms with E-state index in [9.17, 15) is 14.0 Å². The van der Waals surface area contributed by atoms with E-state index in [1.54, 1.807) is 0 Å². The first-order valence-corrected chi connectivity index (χ1v) is 5.57. The molecule has 1 aromatic heterocycles. The third-order valence-electron chi connectivity index (χ3n) is 2.69. The summed E-state index contributed by atoms with van der Waals surface area (Å²) in [4.78, 5) is 22.5. The van der Waals surface area contributed by atoms with Crippen LogP contribution in [0.25, 0.3) is 11.3 Å². The van der Waals surface area contributed by atoms with Gasteiger partial charge in [-0.25, -0.2) is 13.9 Å². The number of carboxylic acids is 1. The summed E-state index contributed by atoms with van der Waals surface area (Å²) in [6.07, 6.45) is 0. The fourth-order valence-electron chi connectivity index (χ4n) is 1.58. The van der Waals surface area contributed by atoms with Crippen LogP contribution < -0.4 is 5.56 Å². The first-order valence-electron chi connectivity index (χ1n) is 5.57.